The van der Waals surface area contributed by atoms with Gasteiger partial charge in [0, 0.05) is 6.54 Å². The zero-order valence-corrected chi connectivity index (χ0v) is 26.0. The van der Waals surface area contributed by atoms with Crippen LogP contribution in [0.5, 0.6) is 5.75 Å². The van der Waals surface area contributed by atoms with Gasteiger partial charge in [0.2, 0.25) is 0 Å². The minimum absolute atomic E-state index is 0.0110. The molecule has 0 saturated heterocycles. The van der Waals surface area contributed by atoms with Gasteiger partial charge in [-0.25, -0.2) is 23.5 Å². The third kappa shape index (κ3) is 8.55. The number of aromatic nitrogens is 2. The summed E-state index contributed by atoms with van der Waals surface area (Å²) in [6, 6.07) is 10.2. The molecule has 12 nitrogen and oxygen atoms in total. The van der Waals surface area contributed by atoms with Crippen LogP contribution in [0.15, 0.2) is 48.7 Å². The van der Waals surface area contributed by atoms with Crippen molar-refractivity contribution in [3.8, 4) is 11.4 Å². The number of rotatable bonds is 8. The Morgan fingerprint density at radius 3 is 2.05 bits per heavy atom. The molecule has 0 aliphatic heterocycles. The number of anilines is 1. The van der Waals surface area contributed by atoms with Gasteiger partial charge in [-0.2, -0.15) is 10.00 Å². The van der Waals surface area contributed by atoms with E-state index in [2.05, 4.69) is 10.4 Å². The van der Waals surface area contributed by atoms with Gasteiger partial charge in [-0.05, 0) is 84.4 Å². The zero-order valence-electron chi connectivity index (χ0n) is 26.0. The van der Waals surface area contributed by atoms with Crippen molar-refractivity contribution in [3.05, 3.63) is 71.3 Å². The van der Waals surface area contributed by atoms with Crippen molar-refractivity contribution >= 4 is 29.8 Å². The molecule has 1 heterocycles. The van der Waals surface area contributed by atoms with Gasteiger partial charge in [0.05, 0.1) is 31.2 Å². The number of benzene rings is 2. The standard InChI is InChI=1S/C31H37FN4O8/c1-9-42-27(38)25-23(35(28(39)43-30(2,3)4)29(40)44-31(5,6)7)18-34-36(25)21-13-10-19(11-14-21)17-33-26(37)22-16-20(32)12-15-24(22)41-8/h10-16,18H,9,17H2,1-8H3,(H,33,37). The Kier molecular flexibility index (Phi) is 10.4. The first-order chi connectivity index (χ1) is 20.5. The number of hydrogen-bond donors (Lipinski definition) is 1. The van der Waals surface area contributed by atoms with Crippen LogP contribution in [-0.4, -0.2) is 58.8 Å². The molecule has 44 heavy (non-hydrogen) atoms. The molecular formula is C31H37FN4O8. The van der Waals surface area contributed by atoms with Gasteiger partial charge < -0.3 is 24.3 Å². The molecule has 0 bridgehead atoms. The Labute approximate surface area is 255 Å². The third-order valence-corrected chi connectivity index (χ3v) is 5.65. The summed E-state index contributed by atoms with van der Waals surface area (Å²) in [5.41, 5.74) is -1.26. The van der Waals surface area contributed by atoms with Crippen LogP contribution in [0.25, 0.3) is 5.69 Å². The van der Waals surface area contributed by atoms with Crippen LogP contribution in [0.2, 0.25) is 0 Å². The van der Waals surface area contributed by atoms with Crippen molar-refractivity contribution in [2.75, 3.05) is 18.6 Å². The average Bonchev–Trinajstić information content (AvgIpc) is 3.34. The van der Waals surface area contributed by atoms with E-state index in [0.29, 0.717) is 16.2 Å². The topological polar surface area (TPSA) is 138 Å². The first kappa shape index (κ1) is 33.6. The van der Waals surface area contributed by atoms with Gasteiger partial charge >= 0.3 is 18.2 Å². The van der Waals surface area contributed by atoms with Gasteiger partial charge in [-0.1, -0.05) is 12.1 Å². The number of nitrogens with one attached hydrogen (secondary N) is 1. The molecule has 0 aliphatic rings. The van der Waals surface area contributed by atoms with Crippen molar-refractivity contribution in [2.24, 2.45) is 0 Å². The second-order valence-electron chi connectivity index (χ2n) is 11.5. The number of carbonyl (C=O) groups excluding carboxylic acids is 4. The zero-order chi connectivity index (χ0) is 32.8. The minimum atomic E-state index is -1.07. The largest absolute Gasteiger partial charge is 0.496 e. The summed E-state index contributed by atoms with van der Waals surface area (Å²) in [7, 11) is 1.38. The molecule has 0 saturated carbocycles. The normalized spacial score (nSPS) is 11.4. The highest BCUT2D eigenvalue weighted by molar-refractivity contribution is 6.13. The van der Waals surface area contributed by atoms with Crippen molar-refractivity contribution < 1.29 is 42.5 Å². The second kappa shape index (κ2) is 13.6. The van der Waals surface area contributed by atoms with Crippen LogP contribution >= 0.6 is 0 Å². The van der Waals surface area contributed by atoms with Gasteiger partial charge in [-0.3, -0.25) is 4.79 Å². The van der Waals surface area contributed by atoms with Crippen molar-refractivity contribution in [1.29, 1.82) is 0 Å². The van der Waals surface area contributed by atoms with E-state index in [1.54, 1.807) is 72.7 Å². The van der Waals surface area contributed by atoms with Crippen LogP contribution in [-0.2, 0) is 20.8 Å². The van der Waals surface area contributed by atoms with Gasteiger partial charge in [-0.15, -0.1) is 0 Å². The number of carbonyl (C=O) groups is 4. The predicted octanol–water partition coefficient (Wildman–Crippen LogP) is 5.80. The monoisotopic (exact) mass is 612 g/mol. The molecule has 3 aromatic rings. The van der Waals surface area contributed by atoms with Crippen LogP contribution < -0.4 is 15.0 Å². The Bertz CT molecular complexity index is 1490. The summed E-state index contributed by atoms with van der Waals surface area (Å²) in [6.45, 7) is 11.5. The van der Waals surface area contributed by atoms with E-state index in [0.717, 1.165) is 6.07 Å². The van der Waals surface area contributed by atoms with Crippen molar-refractivity contribution in [1.82, 2.24) is 15.1 Å². The highest BCUT2D eigenvalue weighted by atomic mass is 19.1. The molecule has 0 radical (unpaired) electrons. The molecule has 3 rings (SSSR count). The summed E-state index contributed by atoms with van der Waals surface area (Å²) in [4.78, 5) is 53.0. The van der Waals surface area contributed by atoms with Crippen LogP contribution in [0.3, 0.4) is 0 Å². The fourth-order valence-electron chi connectivity index (χ4n) is 3.87. The van der Waals surface area contributed by atoms with Gasteiger partial charge in [0.15, 0.2) is 5.69 Å². The fourth-order valence-corrected chi connectivity index (χ4v) is 3.87. The lowest BCUT2D eigenvalue weighted by Gasteiger charge is -2.28. The lowest BCUT2D eigenvalue weighted by molar-refractivity contribution is 0.0430. The van der Waals surface area contributed by atoms with Crippen LogP contribution in [0.1, 0.15) is 74.9 Å². The molecule has 0 unspecified atom stereocenters. The molecular weight excluding hydrogens is 575 g/mol. The Balaban J connectivity index is 1.96. The molecule has 236 valence electrons. The molecule has 0 fully saturated rings. The quantitative estimate of drug-likeness (QED) is 0.247. The number of ether oxygens (including phenoxy) is 4. The number of methoxy groups -OCH3 is 1. The maximum atomic E-state index is 13.7. The SMILES string of the molecule is CCOC(=O)c1c(N(C(=O)OC(C)(C)C)C(=O)OC(C)(C)C)cnn1-c1ccc(CNC(=O)c2cc(F)ccc2OC)cc1. The first-order valence-electron chi connectivity index (χ1n) is 13.8. The van der Waals surface area contributed by atoms with Crippen molar-refractivity contribution in [2.45, 2.75) is 66.2 Å². The molecule has 3 amide bonds. The van der Waals surface area contributed by atoms with Crippen LogP contribution in [0, 0.1) is 5.82 Å². The summed E-state index contributed by atoms with van der Waals surface area (Å²) < 4.78 is 36.2. The maximum Gasteiger partial charge on any atom is 0.424 e. The van der Waals surface area contributed by atoms with E-state index < -0.39 is 41.1 Å². The lowest BCUT2D eigenvalue weighted by Crippen LogP contribution is -2.44. The van der Waals surface area contributed by atoms with Crippen molar-refractivity contribution in [3.63, 3.8) is 0 Å². The minimum Gasteiger partial charge on any atom is -0.496 e. The average molecular weight is 613 g/mol. The van der Waals surface area contributed by atoms with E-state index in [9.17, 15) is 23.6 Å². The lowest BCUT2D eigenvalue weighted by atomic mass is 10.1. The summed E-state index contributed by atoms with van der Waals surface area (Å²) >= 11 is 0. The number of imide groups is 1. The summed E-state index contributed by atoms with van der Waals surface area (Å²) in [6.07, 6.45) is -0.976. The molecule has 1 aromatic heterocycles. The van der Waals surface area contributed by atoms with Gasteiger partial charge in [0.25, 0.3) is 5.91 Å². The molecule has 0 aliphatic carbocycles. The molecule has 2 aromatic carbocycles. The Hall–Kier alpha value is -4.94. The molecule has 0 atom stereocenters. The number of hydrogen-bond acceptors (Lipinski definition) is 9. The van der Waals surface area contributed by atoms with Gasteiger partial charge in [0.1, 0.15) is 28.5 Å². The summed E-state index contributed by atoms with van der Waals surface area (Å²) in [5, 5.41) is 6.99. The summed E-state index contributed by atoms with van der Waals surface area (Å²) in [5.74, 6) is -1.73. The second-order valence-corrected chi connectivity index (χ2v) is 11.5. The maximum absolute atomic E-state index is 13.7. The molecule has 0 spiro atoms. The number of halogens is 1. The number of nitrogens with zero attached hydrogens (tertiary/aromatic N) is 3. The smallest absolute Gasteiger partial charge is 0.424 e. The van der Waals surface area contributed by atoms with E-state index in [-0.39, 0.29) is 35.8 Å². The first-order valence-corrected chi connectivity index (χ1v) is 13.8. The van der Waals surface area contributed by atoms with E-state index in [1.807, 2.05) is 0 Å². The Morgan fingerprint density at radius 1 is 0.932 bits per heavy atom. The van der Waals surface area contributed by atoms with E-state index >= 15 is 0 Å². The highest BCUT2D eigenvalue weighted by Crippen LogP contribution is 2.28. The third-order valence-electron chi connectivity index (χ3n) is 5.65. The van der Waals surface area contributed by atoms with E-state index in [1.165, 1.54) is 30.1 Å². The predicted molar refractivity (Wildman–Crippen MR) is 159 cm³/mol. The number of amides is 3. The molecule has 1 N–H and O–H groups in total. The Morgan fingerprint density at radius 2 is 1.52 bits per heavy atom. The fraction of sp³-hybridized carbons (Fsp3) is 0.387. The molecule has 13 heteroatoms. The van der Waals surface area contributed by atoms with Crippen LogP contribution in [0.4, 0.5) is 19.7 Å². The number of esters is 1. The van der Waals surface area contributed by atoms with E-state index in [4.69, 9.17) is 18.9 Å². The highest BCUT2D eigenvalue weighted by Gasteiger charge is 2.37.